The van der Waals surface area contributed by atoms with Gasteiger partial charge in [-0.05, 0) is 119 Å². The van der Waals surface area contributed by atoms with E-state index in [0.717, 1.165) is 82.2 Å². The Hall–Kier alpha value is -4.55. The summed E-state index contributed by atoms with van der Waals surface area (Å²) in [6.07, 6.45) is 7.61. The third kappa shape index (κ3) is 8.08. The number of rotatable bonds is 10. The Bertz CT molecular complexity index is 2040. The lowest BCUT2D eigenvalue weighted by Crippen LogP contribution is -2.41. The highest BCUT2D eigenvalue weighted by Crippen LogP contribution is 2.35. The zero-order valence-corrected chi connectivity index (χ0v) is 29.9. The van der Waals surface area contributed by atoms with E-state index in [4.69, 9.17) is 4.74 Å². The molecule has 272 valence electrons. The van der Waals surface area contributed by atoms with Gasteiger partial charge in [0.2, 0.25) is 0 Å². The Morgan fingerprint density at radius 3 is 2.42 bits per heavy atom. The summed E-state index contributed by atoms with van der Waals surface area (Å²) in [7, 11) is 0. The molecule has 5 aromatic rings. The molecule has 0 aliphatic carbocycles. The van der Waals surface area contributed by atoms with Crippen LogP contribution in [0.3, 0.4) is 0 Å². The number of aromatic nitrogens is 3. The predicted octanol–water partition coefficient (Wildman–Crippen LogP) is 7.13. The number of halogens is 2. The first-order valence-electron chi connectivity index (χ1n) is 18.2. The summed E-state index contributed by atoms with van der Waals surface area (Å²) in [5, 5.41) is 17.0. The lowest BCUT2D eigenvalue weighted by molar-refractivity contribution is -0.0528. The van der Waals surface area contributed by atoms with Gasteiger partial charge in [-0.3, -0.25) is 4.79 Å². The van der Waals surface area contributed by atoms with Crippen molar-refractivity contribution in [3.05, 3.63) is 101 Å². The van der Waals surface area contributed by atoms with Crippen molar-refractivity contribution in [2.45, 2.75) is 70.7 Å². The van der Waals surface area contributed by atoms with Gasteiger partial charge in [-0.25, -0.2) is 18.7 Å². The van der Waals surface area contributed by atoms with Gasteiger partial charge in [-0.2, -0.15) is 0 Å². The molecule has 0 bridgehead atoms. The van der Waals surface area contributed by atoms with Crippen LogP contribution in [-0.2, 0) is 16.8 Å². The molecule has 2 aliphatic heterocycles. The number of nitrogens with one attached hydrogen (secondary N) is 3. The maximum absolute atomic E-state index is 15.1. The molecule has 0 radical (unpaired) electrons. The molecular formula is C41H46F2N6O3. The van der Waals surface area contributed by atoms with E-state index in [1.54, 1.807) is 6.92 Å². The second-order valence-corrected chi connectivity index (χ2v) is 14.6. The number of hydrogen-bond donors (Lipinski definition) is 4. The summed E-state index contributed by atoms with van der Waals surface area (Å²) in [6, 6.07) is 17.0. The Balaban J connectivity index is 1.02. The van der Waals surface area contributed by atoms with Crippen LogP contribution < -0.4 is 10.6 Å². The van der Waals surface area contributed by atoms with Crippen molar-refractivity contribution >= 4 is 22.6 Å². The van der Waals surface area contributed by atoms with Crippen LogP contribution in [0.2, 0.25) is 0 Å². The van der Waals surface area contributed by atoms with Crippen LogP contribution in [-0.4, -0.2) is 75.8 Å². The second kappa shape index (κ2) is 15.2. The number of carbonyl (C=O) groups is 1. The molecule has 7 rings (SSSR count). The molecule has 11 heteroatoms. The highest BCUT2D eigenvalue weighted by molar-refractivity contribution is 6.06. The van der Waals surface area contributed by atoms with Gasteiger partial charge in [0.1, 0.15) is 23.6 Å². The standard InChI is InChI=1S/C41H46F2N6O3/c1-25-33(21-29(42)22-36(25)48-40(50)32-9-8-28(20-35(32)43)41(2,3)51)38-34-23-37(47-39(34)46-24-45-38)27-6-4-26(5-7-27)12-17-49-18-13-31(14-19-49)52-30-10-15-44-16-11-30/h4-9,20-24,30-31,44,51H,10-19H2,1-3H3,(H,48,50)(H,45,46,47). The molecular weight excluding hydrogens is 662 g/mol. The third-order valence-corrected chi connectivity index (χ3v) is 10.4. The SMILES string of the molecule is Cc1c(NC(=O)c2ccc(C(C)(C)O)cc2F)cc(F)cc1-c1ncnc2[nH]c(-c3ccc(CCN4CCC(OC5CCNCC5)CC4)cc3)cc12. The first-order valence-corrected chi connectivity index (χ1v) is 18.2. The van der Waals surface area contributed by atoms with Crippen molar-refractivity contribution in [3.8, 4) is 22.5 Å². The highest BCUT2D eigenvalue weighted by atomic mass is 19.1. The number of aromatic amines is 1. The van der Waals surface area contributed by atoms with Crippen LogP contribution >= 0.6 is 0 Å². The number of aliphatic hydroxyl groups is 1. The van der Waals surface area contributed by atoms with Gasteiger partial charge in [0.05, 0.1) is 29.1 Å². The van der Waals surface area contributed by atoms with E-state index >= 15 is 4.39 Å². The summed E-state index contributed by atoms with van der Waals surface area (Å²) in [6.45, 7) is 10.1. The van der Waals surface area contributed by atoms with E-state index in [2.05, 4.69) is 54.8 Å². The molecule has 0 atom stereocenters. The van der Waals surface area contributed by atoms with Crippen LogP contribution in [0.1, 0.15) is 66.6 Å². The molecule has 2 saturated heterocycles. The van der Waals surface area contributed by atoms with Gasteiger partial charge in [-0.15, -0.1) is 0 Å². The van der Waals surface area contributed by atoms with E-state index in [0.29, 0.717) is 45.6 Å². The van der Waals surface area contributed by atoms with Crippen LogP contribution in [0.15, 0.2) is 67.0 Å². The molecule has 4 heterocycles. The summed E-state index contributed by atoms with van der Waals surface area (Å²) in [4.78, 5) is 28.0. The van der Waals surface area contributed by atoms with E-state index < -0.39 is 23.1 Å². The molecule has 2 fully saturated rings. The highest BCUT2D eigenvalue weighted by Gasteiger charge is 2.25. The smallest absolute Gasteiger partial charge is 0.258 e. The van der Waals surface area contributed by atoms with Gasteiger partial charge in [0, 0.05) is 42.0 Å². The minimum Gasteiger partial charge on any atom is -0.386 e. The fourth-order valence-electron chi connectivity index (χ4n) is 7.25. The number of H-pyrrole nitrogens is 1. The number of amides is 1. The van der Waals surface area contributed by atoms with Gasteiger partial charge in [-0.1, -0.05) is 30.3 Å². The number of fused-ring (bicyclic) bond motifs is 1. The summed E-state index contributed by atoms with van der Waals surface area (Å²) >= 11 is 0. The second-order valence-electron chi connectivity index (χ2n) is 14.6. The number of carbonyl (C=O) groups excluding carboxylic acids is 1. The summed E-state index contributed by atoms with van der Waals surface area (Å²) in [5.74, 6) is -2.10. The molecule has 4 N–H and O–H groups in total. The van der Waals surface area contributed by atoms with Gasteiger partial charge >= 0.3 is 0 Å². The first-order chi connectivity index (χ1) is 25.0. The number of nitrogens with zero attached hydrogens (tertiary/aromatic N) is 3. The van der Waals surface area contributed by atoms with E-state index in [1.165, 1.54) is 50.0 Å². The van der Waals surface area contributed by atoms with Crippen molar-refractivity contribution in [1.29, 1.82) is 0 Å². The normalized spacial score (nSPS) is 16.4. The molecule has 2 aromatic heterocycles. The van der Waals surface area contributed by atoms with E-state index in [9.17, 15) is 14.3 Å². The zero-order valence-electron chi connectivity index (χ0n) is 29.9. The number of likely N-dealkylation sites (tertiary alicyclic amines) is 1. The minimum atomic E-state index is -1.27. The molecule has 0 saturated carbocycles. The summed E-state index contributed by atoms with van der Waals surface area (Å²) < 4.78 is 36.4. The number of piperidine rings is 2. The summed E-state index contributed by atoms with van der Waals surface area (Å²) in [5.41, 5.74) is 4.29. The fourth-order valence-corrected chi connectivity index (χ4v) is 7.25. The lowest BCUT2D eigenvalue weighted by Gasteiger charge is -2.35. The van der Waals surface area contributed by atoms with Crippen LogP contribution in [0.25, 0.3) is 33.5 Å². The maximum Gasteiger partial charge on any atom is 0.258 e. The van der Waals surface area contributed by atoms with Gasteiger partial charge < -0.3 is 30.4 Å². The maximum atomic E-state index is 15.1. The van der Waals surface area contributed by atoms with Crippen LogP contribution in [0.5, 0.6) is 0 Å². The average Bonchev–Trinajstić information content (AvgIpc) is 3.58. The number of ether oxygens (including phenoxy) is 1. The predicted molar refractivity (Wildman–Crippen MR) is 199 cm³/mol. The van der Waals surface area contributed by atoms with Crippen molar-refractivity contribution in [1.82, 2.24) is 25.2 Å². The Morgan fingerprint density at radius 2 is 1.71 bits per heavy atom. The van der Waals surface area contributed by atoms with E-state index in [-0.39, 0.29) is 11.3 Å². The molecule has 2 aliphatic rings. The molecule has 52 heavy (non-hydrogen) atoms. The molecule has 0 unspecified atom stereocenters. The molecule has 3 aromatic carbocycles. The average molecular weight is 709 g/mol. The van der Waals surface area contributed by atoms with Gasteiger partial charge in [0.25, 0.3) is 5.91 Å². The monoisotopic (exact) mass is 708 g/mol. The number of hydrogen-bond acceptors (Lipinski definition) is 7. The lowest BCUT2D eigenvalue weighted by atomic mass is 9.96. The van der Waals surface area contributed by atoms with E-state index in [1.807, 2.05) is 6.07 Å². The van der Waals surface area contributed by atoms with Crippen molar-refractivity contribution in [2.24, 2.45) is 0 Å². The largest absolute Gasteiger partial charge is 0.386 e. The van der Waals surface area contributed by atoms with Crippen molar-refractivity contribution < 1.29 is 23.4 Å². The Labute approximate surface area is 302 Å². The number of benzene rings is 3. The van der Waals surface area contributed by atoms with Crippen LogP contribution in [0, 0.1) is 18.6 Å². The van der Waals surface area contributed by atoms with Crippen molar-refractivity contribution in [2.75, 3.05) is 38.0 Å². The minimum absolute atomic E-state index is 0.194. The zero-order chi connectivity index (χ0) is 36.4. The Kier molecular flexibility index (Phi) is 10.5. The molecule has 1 amide bonds. The van der Waals surface area contributed by atoms with Crippen molar-refractivity contribution in [3.63, 3.8) is 0 Å². The third-order valence-electron chi connectivity index (χ3n) is 10.4. The first kappa shape index (κ1) is 35.8. The molecule has 9 nitrogen and oxygen atoms in total. The van der Waals surface area contributed by atoms with Crippen LogP contribution in [0.4, 0.5) is 14.5 Å². The quantitative estimate of drug-likeness (QED) is 0.122. The fraction of sp³-hybridized carbons (Fsp3) is 0.390. The van der Waals surface area contributed by atoms with Gasteiger partial charge in [0.15, 0.2) is 0 Å². The number of anilines is 1. The topological polar surface area (TPSA) is 115 Å². The molecule has 0 spiro atoms. The Morgan fingerprint density at radius 1 is 0.981 bits per heavy atom.